The highest BCUT2D eigenvalue weighted by Crippen LogP contribution is 2.15. The summed E-state index contributed by atoms with van der Waals surface area (Å²) in [5, 5.41) is 0. The van der Waals surface area contributed by atoms with Gasteiger partial charge in [0.05, 0.1) is 17.6 Å². The third-order valence-corrected chi connectivity index (χ3v) is 3.78. The molecule has 0 bridgehead atoms. The van der Waals surface area contributed by atoms with Crippen LogP contribution in [-0.2, 0) is 10.0 Å². The van der Waals surface area contributed by atoms with E-state index >= 15 is 0 Å². The minimum atomic E-state index is -3.17. The van der Waals surface area contributed by atoms with Gasteiger partial charge in [-0.25, -0.2) is 8.42 Å². The van der Waals surface area contributed by atoms with Gasteiger partial charge in [0, 0.05) is 13.2 Å². The molecule has 0 saturated heterocycles. The molecule has 1 rings (SSSR count). The molecular formula is C9H14N2O2S. The van der Waals surface area contributed by atoms with Crippen molar-refractivity contribution < 1.29 is 8.42 Å². The van der Waals surface area contributed by atoms with Crippen LogP contribution < -0.4 is 4.31 Å². The van der Waals surface area contributed by atoms with E-state index in [1.165, 1.54) is 11.4 Å². The summed E-state index contributed by atoms with van der Waals surface area (Å²) in [4.78, 5) is 3.95. The number of sulfonamides is 1. The third kappa shape index (κ3) is 2.23. The van der Waals surface area contributed by atoms with Gasteiger partial charge in [-0.1, -0.05) is 0 Å². The minimum Gasteiger partial charge on any atom is -0.272 e. The van der Waals surface area contributed by atoms with Crippen LogP contribution >= 0.6 is 0 Å². The molecule has 5 heteroatoms. The summed E-state index contributed by atoms with van der Waals surface area (Å²) in [6.07, 6.45) is 3.23. The van der Waals surface area contributed by atoms with Crippen molar-refractivity contribution >= 4 is 15.7 Å². The molecule has 0 aliphatic heterocycles. The van der Waals surface area contributed by atoms with Crippen molar-refractivity contribution in [2.45, 2.75) is 13.8 Å². The molecule has 0 N–H and O–H groups in total. The van der Waals surface area contributed by atoms with E-state index in [4.69, 9.17) is 0 Å². The van der Waals surface area contributed by atoms with Crippen molar-refractivity contribution in [2.24, 2.45) is 0 Å². The zero-order valence-electron chi connectivity index (χ0n) is 8.56. The Morgan fingerprint density at radius 3 is 2.57 bits per heavy atom. The Labute approximate surface area is 84.6 Å². The third-order valence-electron chi connectivity index (χ3n) is 2.01. The molecule has 0 amide bonds. The molecule has 0 aliphatic carbocycles. The molecule has 0 radical (unpaired) electrons. The predicted molar refractivity (Wildman–Crippen MR) is 56.8 cm³/mol. The first-order chi connectivity index (χ1) is 6.47. The summed E-state index contributed by atoms with van der Waals surface area (Å²) < 4.78 is 24.3. The van der Waals surface area contributed by atoms with Crippen LogP contribution in [0.15, 0.2) is 18.5 Å². The lowest BCUT2D eigenvalue weighted by atomic mass is 10.3. The van der Waals surface area contributed by atoms with E-state index in [2.05, 4.69) is 4.98 Å². The topological polar surface area (TPSA) is 50.3 Å². The van der Waals surface area contributed by atoms with Crippen molar-refractivity contribution in [3.8, 4) is 0 Å². The van der Waals surface area contributed by atoms with Crippen LogP contribution in [0.3, 0.4) is 0 Å². The van der Waals surface area contributed by atoms with Gasteiger partial charge >= 0.3 is 0 Å². The highest BCUT2D eigenvalue weighted by molar-refractivity contribution is 7.92. The van der Waals surface area contributed by atoms with Gasteiger partial charge in [0.2, 0.25) is 10.0 Å². The second-order valence-electron chi connectivity index (χ2n) is 3.09. The van der Waals surface area contributed by atoms with E-state index in [-0.39, 0.29) is 5.75 Å². The number of nitrogens with zero attached hydrogens (tertiary/aromatic N) is 2. The molecule has 1 aromatic rings. The molecule has 0 fully saturated rings. The lowest BCUT2D eigenvalue weighted by molar-refractivity contribution is 0.595. The van der Waals surface area contributed by atoms with Gasteiger partial charge < -0.3 is 0 Å². The first-order valence-electron chi connectivity index (χ1n) is 4.35. The van der Waals surface area contributed by atoms with Crippen LogP contribution in [0.4, 0.5) is 5.69 Å². The summed E-state index contributed by atoms with van der Waals surface area (Å²) in [6.45, 7) is 3.50. The lowest BCUT2D eigenvalue weighted by Crippen LogP contribution is -2.28. The van der Waals surface area contributed by atoms with Gasteiger partial charge in [-0.3, -0.25) is 9.29 Å². The van der Waals surface area contributed by atoms with Crippen LogP contribution in [0, 0.1) is 6.92 Å². The van der Waals surface area contributed by atoms with Gasteiger partial charge in [0.15, 0.2) is 0 Å². The maximum atomic E-state index is 11.5. The van der Waals surface area contributed by atoms with E-state index in [0.29, 0.717) is 5.69 Å². The molecule has 0 saturated carbocycles. The molecule has 4 nitrogen and oxygen atoms in total. The monoisotopic (exact) mass is 214 g/mol. The van der Waals surface area contributed by atoms with E-state index in [0.717, 1.165) is 5.56 Å². The zero-order chi connectivity index (χ0) is 10.8. The van der Waals surface area contributed by atoms with Crippen molar-refractivity contribution in [1.29, 1.82) is 0 Å². The van der Waals surface area contributed by atoms with Gasteiger partial charge in [-0.15, -0.1) is 0 Å². The number of aryl methyl sites for hydroxylation is 1. The number of aromatic nitrogens is 1. The SMILES string of the molecule is CCS(=O)(=O)N(C)c1cncc(C)c1. The Balaban J connectivity index is 3.07. The predicted octanol–water partition coefficient (Wildman–Crippen LogP) is 1.18. The number of rotatable bonds is 3. The normalized spacial score (nSPS) is 11.4. The van der Waals surface area contributed by atoms with E-state index < -0.39 is 10.0 Å². The Bertz CT molecular complexity index is 415. The molecule has 0 unspecified atom stereocenters. The molecule has 0 atom stereocenters. The maximum Gasteiger partial charge on any atom is 0.234 e. The van der Waals surface area contributed by atoms with Crippen LogP contribution in [0.2, 0.25) is 0 Å². The summed E-state index contributed by atoms with van der Waals surface area (Å²) in [6, 6.07) is 1.79. The van der Waals surface area contributed by atoms with Gasteiger partial charge in [-0.05, 0) is 25.5 Å². The standard InChI is InChI=1S/C9H14N2O2S/c1-4-14(12,13)11(3)9-5-8(2)6-10-7-9/h5-7H,4H2,1-3H3. The highest BCUT2D eigenvalue weighted by atomic mass is 32.2. The number of pyridine rings is 1. The average Bonchev–Trinajstić information content (AvgIpc) is 2.16. The fourth-order valence-electron chi connectivity index (χ4n) is 1.07. The Kier molecular flexibility index (Phi) is 3.10. The molecule has 78 valence electrons. The Morgan fingerprint density at radius 1 is 1.43 bits per heavy atom. The van der Waals surface area contributed by atoms with Crippen molar-refractivity contribution in [1.82, 2.24) is 4.98 Å². The summed E-state index contributed by atoms with van der Waals surface area (Å²) in [5.41, 5.74) is 1.55. The quantitative estimate of drug-likeness (QED) is 0.759. The fourth-order valence-corrected chi connectivity index (χ4v) is 1.87. The summed E-state index contributed by atoms with van der Waals surface area (Å²) >= 11 is 0. The van der Waals surface area contributed by atoms with Crippen LogP contribution in [0.5, 0.6) is 0 Å². The van der Waals surface area contributed by atoms with Crippen molar-refractivity contribution in [2.75, 3.05) is 17.1 Å². The van der Waals surface area contributed by atoms with Gasteiger partial charge in [0.25, 0.3) is 0 Å². The molecule has 14 heavy (non-hydrogen) atoms. The lowest BCUT2D eigenvalue weighted by Gasteiger charge is -2.17. The minimum absolute atomic E-state index is 0.0947. The maximum absolute atomic E-state index is 11.5. The Hall–Kier alpha value is -1.10. The highest BCUT2D eigenvalue weighted by Gasteiger charge is 2.15. The van der Waals surface area contributed by atoms with E-state index in [1.54, 1.807) is 25.4 Å². The zero-order valence-corrected chi connectivity index (χ0v) is 9.37. The summed E-state index contributed by atoms with van der Waals surface area (Å²) in [7, 11) is -1.64. The number of anilines is 1. The average molecular weight is 214 g/mol. The van der Waals surface area contributed by atoms with E-state index in [1.807, 2.05) is 6.92 Å². The second kappa shape index (κ2) is 3.96. The van der Waals surface area contributed by atoms with Crippen molar-refractivity contribution in [3.05, 3.63) is 24.0 Å². The molecule has 1 heterocycles. The molecule has 0 aliphatic rings. The number of hydrogen-bond donors (Lipinski definition) is 0. The van der Waals surface area contributed by atoms with Crippen molar-refractivity contribution in [3.63, 3.8) is 0 Å². The largest absolute Gasteiger partial charge is 0.272 e. The molecule has 1 aromatic heterocycles. The van der Waals surface area contributed by atoms with Gasteiger partial charge in [-0.2, -0.15) is 0 Å². The fraction of sp³-hybridized carbons (Fsp3) is 0.444. The molecule has 0 spiro atoms. The molecular weight excluding hydrogens is 200 g/mol. The first kappa shape index (κ1) is 11.0. The smallest absolute Gasteiger partial charge is 0.234 e. The second-order valence-corrected chi connectivity index (χ2v) is 5.38. The first-order valence-corrected chi connectivity index (χ1v) is 5.96. The van der Waals surface area contributed by atoms with Crippen LogP contribution in [0.1, 0.15) is 12.5 Å². The number of hydrogen-bond acceptors (Lipinski definition) is 3. The molecule has 0 aromatic carbocycles. The van der Waals surface area contributed by atoms with Crippen LogP contribution in [0.25, 0.3) is 0 Å². The van der Waals surface area contributed by atoms with E-state index in [9.17, 15) is 8.42 Å². The van der Waals surface area contributed by atoms with Gasteiger partial charge in [0.1, 0.15) is 0 Å². The summed E-state index contributed by atoms with van der Waals surface area (Å²) in [5.74, 6) is 0.0947. The Morgan fingerprint density at radius 2 is 2.07 bits per heavy atom. The van der Waals surface area contributed by atoms with Crippen LogP contribution in [-0.4, -0.2) is 26.2 Å².